The third-order valence-electron chi connectivity index (χ3n) is 3.75. The summed E-state index contributed by atoms with van der Waals surface area (Å²) in [6.07, 6.45) is 2.43. The maximum atomic E-state index is 11.6. The van der Waals surface area contributed by atoms with Gasteiger partial charge < -0.3 is 5.32 Å². The Bertz CT molecular complexity index is 654. The molecule has 0 bridgehead atoms. The van der Waals surface area contributed by atoms with Gasteiger partial charge in [0.25, 0.3) is 5.91 Å². The number of halogens is 1. The second kappa shape index (κ2) is 6.73. The fourth-order valence-electron chi connectivity index (χ4n) is 2.38. The van der Waals surface area contributed by atoms with Crippen molar-refractivity contribution in [1.82, 2.24) is 19.8 Å². The first kappa shape index (κ1) is 15.4. The topological polar surface area (TPSA) is 58.1 Å². The van der Waals surface area contributed by atoms with Crippen molar-refractivity contribution >= 4 is 29.0 Å². The Kier molecular flexibility index (Phi) is 4.71. The lowest BCUT2D eigenvalue weighted by atomic mass is 10.1. The minimum atomic E-state index is -0.0640. The van der Waals surface area contributed by atoms with Crippen LogP contribution >= 0.6 is 23.1 Å². The lowest BCUT2D eigenvalue weighted by molar-refractivity contribution is 0.0963. The Labute approximate surface area is 138 Å². The molecule has 0 unspecified atom stereocenters. The largest absolute Gasteiger partial charge is 0.355 e. The average Bonchev–Trinajstić information content (AvgIpc) is 3.31. The van der Waals surface area contributed by atoms with Crippen molar-refractivity contribution < 1.29 is 4.79 Å². The normalized spacial score (nSPS) is 14.3. The van der Waals surface area contributed by atoms with E-state index in [1.807, 2.05) is 24.3 Å². The molecule has 1 aliphatic rings. The van der Waals surface area contributed by atoms with Gasteiger partial charge in [-0.25, -0.2) is 0 Å². The lowest BCUT2D eigenvalue weighted by Gasteiger charge is -2.21. The summed E-state index contributed by atoms with van der Waals surface area (Å²) in [6.45, 7) is 1.55. The van der Waals surface area contributed by atoms with Crippen molar-refractivity contribution in [3.8, 4) is 0 Å². The second-order valence-electron chi connectivity index (χ2n) is 5.41. The number of carbonyl (C=O) groups is 1. The fourth-order valence-corrected chi connectivity index (χ4v) is 2.99. The molecule has 2 aromatic rings. The van der Waals surface area contributed by atoms with Gasteiger partial charge in [-0.15, -0.1) is 5.10 Å². The Morgan fingerprint density at radius 3 is 2.64 bits per heavy atom. The number of aromatic nitrogens is 2. The van der Waals surface area contributed by atoms with Gasteiger partial charge in [-0.2, -0.15) is 0 Å². The van der Waals surface area contributed by atoms with Crippen LogP contribution in [0.4, 0.5) is 0 Å². The summed E-state index contributed by atoms with van der Waals surface area (Å²) in [7, 11) is 1.64. The smallest absolute Gasteiger partial charge is 0.251 e. The molecular formula is C15H17ClN4OS. The van der Waals surface area contributed by atoms with Gasteiger partial charge in [-0.1, -0.05) is 28.2 Å². The molecule has 0 radical (unpaired) electrons. The highest BCUT2D eigenvalue weighted by Gasteiger charge is 2.30. The zero-order chi connectivity index (χ0) is 15.5. The molecule has 0 spiro atoms. The lowest BCUT2D eigenvalue weighted by Crippen LogP contribution is -2.25. The molecule has 1 saturated carbocycles. The van der Waals surface area contributed by atoms with E-state index in [1.54, 1.807) is 7.05 Å². The number of carbonyl (C=O) groups excluding carboxylic acids is 1. The van der Waals surface area contributed by atoms with Crippen LogP contribution in [-0.4, -0.2) is 33.5 Å². The van der Waals surface area contributed by atoms with Crippen LogP contribution in [-0.2, 0) is 13.1 Å². The van der Waals surface area contributed by atoms with Crippen molar-refractivity contribution in [1.29, 1.82) is 0 Å². The molecule has 3 rings (SSSR count). The van der Waals surface area contributed by atoms with E-state index < -0.39 is 0 Å². The van der Waals surface area contributed by atoms with E-state index in [9.17, 15) is 4.79 Å². The predicted molar refractivity (Wildman–Crippen MR) is 87.0 cm³/mol. The zero-order valence-electron chi connectivity index (χ0n) is 12.3. The molecule has 0 saturated heterocycles. The van der Waals surface area contributed by atoms with Gasteiger partial charge in [-0.3, -0.25) is 9.69 Å². The summed E-state index contributed by atoms with van der Waals surface area (Å²) >= 11 is 7.33. The Morgan fingerprint density at radius 2 is 2.09 bits per heavy atom. The van der Waals surface area contributed by atoms with E-state index in [2.05, 4.69) is 19.8 Å². The summed E-state index contributed by atoms with van der Waals surface area (Å²) in [5.41, 5.74) is 2.70. The van der Waals surface area contributed by atoms with E-state index in [-0.39, 0.29) is 5.91 Å². The van der Waals surface area contributed by atoms with Gasteiger partial charge in [-0.05, 0) is 30.5 Å². The first-order valence-electron chi connectivity index (χ1n) is 7.19. The third-order valence-corrected chi connectivity index (χ3v) is 4.74. The molecule has 1 heterocycles. The van der Waals surface area contributed by atoms with Crippen LogP contribution in [0.2, 0.25) is 4.34 Å². The van der Waals surface area contributed by atoms with Crippen LogP contribution < -0.4 is 5.32 Å². The SMILES string of the molecule is CNC(=O)c1ccc(CN(Cc2nnsc2Cl)C2CC2)cc1. The molecule has 116 valence electrons. The summed E-state index contributed by atoms with van der Waals surface area (Å²) < 4.78 is 4.56. The van der Waals surface area contributed by atoms with Crippen LogP contribution in [0.5, 0.6) is 0 Å². The minimum Gasteiger partial charge on any atom is -0.355 e. The average molecular weight is 337 g/mol. The number of nitrogens with zero attached hydrogens (tertiary/aromatic N) is 3. The Hall–Kier alpha value is -1.50. The van der Waals surface area contributed by atoms with Crippen LogP contribution in [0.25, 0.3) is 0 Å². The third kappa shape index (κ3) is 3.63. The van der Waals surface area contributed by atoms with Gasteiger partial charge in [0, 0.05) is 43.3 Å². The molecular weight excluding hydrogens is 320 g/mol. The van der Waals surface area contributed by atoms with Crippen LogP contribution in [0.3, 0.4) is 0 Å². The number of hydrogen-bond donors (Lipinski definition) is 1. The van der Waals surface area contributed by atoms with Gasteiger partial charge >= 0.3 is 0 Å². The molecule has 22 heavy (non-hydrogen) atoms. The van der Waals surface area contributed by atoms with Gasteiger partial charge in [0.05, 0.1) is 0 Å². The quantitative estimate of drug-likeness (QED) is 0.881. The van der Waals surface area contributed by atoms with E-state index >= 15 is 0 Å². The standard InChI is InChI=1S/C15H17ClN4OS/c1-17-15(21)11-4-2-10(3-5-11)8-20(12-6-7-12)9-13-14(16)22-19-18-13/h2-5,12H,6-9H2,1H3,(H,17,21). The van der Waals surface area contributed by atoms with Crippen molar-refractivity contribution in [2.75, 3.05) is 7.05 Å². The number of hydrogen-bond acceptors (Lipinski definition) is 5. The van der Waals surface area contributed by atoms with Gasteiger partial charge in [0.2, 0.25) is 0 Å². The first-order valence-corrected chi connectivity index (χ1v) is 8.34. The van der Waals surface area contributed by atoms with E-state index in [1.165, 1.54) is 29.9 Å². The maximum Gasteiger partial charge on any atom is 0.251 e. The molecule has 1 fully saturated rings. The zero-order valence-corrected chi connectivity index (χ0v) is 13.8. The van der Waals surface area contributed by atoms with Crippen molar-refractivity contribution in [3.63, 3.8) is 0 Å². The molecule has 1 aromatic heterocycles. The molecule has 7 heteroatoms. The summed E-state index contributed by atoms with van der Waals surface area (Å²) in [6, 6.07) is 8.31. The minimum absolute atomic E-state index is 0.0640. The monoisotopic (exact) mass is 336 g/mol. The van der Waals surface area contributed by atoms with Crippen LogP contribution in [0.1, 0.15) is 34.5 Å². The molecule has 1 N–H and O–H groups in total. The van der Waals surface area contributed by atoms with Crippen molar-refractivity contribution in [3.05, 3.63) is 45.4 Å². The van der Waals surface area contributed by atoms with E-state index in [0.29, 0.717) is 15.9 Å². The highest BCUT2D eigenvalue weighted by atomic mass is 35.5. The molecule has 0 atom stereocenters. The van der Waals surface area contributed by atoms with Gasteiger partial charge in [0.1, 0.15) is 10.0 Å². The number of nitrogens with one attached hydrogen (secondary N) is 1. The molecule has 1 aliphatic carbocycles. The Morgan fingerprint density at radius 1 is 1.36 bits per heavy atom. The summed E-state index contributed by atoms with van der Waals surface area (Å²) in [5, 5.41) is 6.73. The first-order chi connectivity index (χ1) is 10.7. The summed E-state index contributed by atoms with van der Waals surface area (Å²) in [4.78, 5) is 13.9. The molecule has 1 aromatic carbocycles. The molecule has 1 amide bonds. The number of benzene rings is 1. The van der Waals surface area contributed by atoms with Crippen molar-refractivity contribution in [2.24, 2.45) is 0 Å². The van der Waals surface area contributed by atoms with Crippen LogP contribution in [0.15, 0.2) is 24.3 Å². The predicted octanol–water partition coefficient (Wildman–Crippen LogP) is 2.72. The Balaban J connectivity index is 1.69. The van der Waals surface area contributed by atoms with E-state index in [4.69, 9.17) is 11.6 Å². The molecule has 5 nitrogen and oxygen atoms in total. The van der Waals surface area contributed by atoms with E-state index in [0.717, 1.165) is 18.8 Å². The molecule has 0 aliphatic heterocycles. The number of rotatable bonds is 6. The highest BCUT2D eigenvalue weighted by Crippen LogP contribution is 2.31. The number of amides is 1. The van der Waals surface area contributed by atoms with Crippen molar-refractivity contribution in [2.45, 2.75) is 32.0 Å². The highest BCUT2D eigenvalue weighted by molar-refractivity contribution is 7.10. The van der Waals surface area contributed by atoms with Gasteiger partial charge in [0.15, 0.2) is 0 Å². The summed E-state index contributed by atoms with van der Waals surface area (Å²) in [5.74, 6) is -0.0640. The fraction of sp³-hybridized carbons (Fsp3) is 0.400. The second-order valence-corrected chi connectivity index (χ2v) is 6.76. The maximum absolute atomic E-state index is 11.6. The van der Waals surface area contributed by atoms with Crippen LogP contribution in [0, 0.1) is 0 Å².